The summed E-state index contributed by atoms with van der Waals surface area (Å²) in [6.07, 6.45) is 1.32. The molecule has 6 heteroatoms. The van der Waals surface area contributed by atoms with Crippen LogP contribution < -0.4 is 10.6 Å². The molecule has 0 spiro atoms. The van der Waals surface area contributed by atoms with Crippen LogP contribution in [0.25, 0.3) is 0 Å². The van der Waals surface area contributed by atoms with Crippen molar-refractivity contribution >= 4 is 17.4 Å². The third-order valence-corrected chi connectivity index (χ3v) is 4.66. The van der Waals surface area contributed by atoms with Crippen LogP contribution >= 0.6 is 0 Å². The SMILES string of the molecule is Cc1ccc([C@@H]2Nc3nonc3NC3=C2C(=O)CC(C)(C)C3)cc1. The average molecular weight is 324 g/mol. The van der Waals surface area contributed by atoms with Crippen LogP contribution in [0.2, 0.25) is 0 Å². The van der Waals surface area contributed by atoms with Crippen LogP contribution in [0.3, 0.4) is 0 Å². The number of aromatic nitrogens is 2. The number of benzene rings is 1. The van der Waals surface area contributed by atoms with E-state index in [2.05, 4.69) is 46.9 Å². The number of allylic oxidation sites excluding steroid dienone is 1. The Hall–Kier alpha value is -2.63. The maximum absolute atomic E-state index is 12.9. The predicted octanol–water partition coefficient (Wildman–Crippen LogP) is 3.60. The van der Waals surface area contributed by atoms with Gasteiger partial charge in [-0.25, -0.2) is 4.63 Å². The van der Waals surface area contributed by atoms with Crippen molar-refractivity contribution in [2.45, 2.75) is 39.7 Å². The molecule has 4 rings (SSSR count). The Kier molecular flexibility index (Phi) is 3.23. The summed E-state index contributed by atoms with van der Waals surface area (Å²) in [6.45, 7) is 6.26. The average Bonchev–Trinajstić information content (AvgIpc) is 2.86. The molecule has 2 aliphatic rings. The van der Waals surface area contributed by atoms with Crippen LogP contribution in [0.5, 0.6) is 0 Å². The van der Waals surface area contributed by atoms with Gasteiger partial charge in [-0.05, 0) is 34.6 Å². The van der Waals surface area contributed by atoms with Gasteiger partial charge in [-0.3, -0.25) is 4.79 Å². The zero-order valence-corrected chi connectivity index (χ0v) is 14.0. The second kappa shape index (κ2) is 5.19. The molecule has 1 aliphatic heterocycles. The number of anilines is 2. The fraction of sp³-hybridized carbons (Fsp3) is 0.389. The smallest absolute Gasteiger partial charge is 0.219 e. The highest BCUT2D eigenvalue weighted by atomic mass is 16.6. The second-order valence-electron chi connectivity index (χ2n) is 7.41. The lowest BCUT2D eigenvalue weighted by molar-refractivity contribution is -0.118. The number of hydrogen-bond acceptors (Lipinski definition) is 6. The summed E-state index contributed by atoms with van der Waals surface area (Å²) in [5.74, 6) is 1.22. The van der Waals surface area contributed by atoms with Crippen molar-refractivity contribution in [2.75, 3.05) is 10.6 Å². The fourth-order valence-corrected chi connectivity index (χ4v) is 3.51. The highest BCUT2D eigenvalue weighted by molar-refractivity contribution is 6.00. The largest absolute Gasteiger partial charge is 0.353 e. The highest BCUT2D eigenvalue weighted by Gasteiger charge is 2.39. The summed E-state index contributed by atoms with van der Waals surface area (Å²) in [5.41, 5.74) is 3.81. The van der Waals surface area contributed by atoms with Crippen molar-refractivity contribution in [1.29, 1.82) is 0 Å². The molecule has 1 aromatic carbocycles. The first-order chi connectivity index (χ1) is 11.4. The van der Waals surface area contributed by atoms with Crippen molar-refractivity contribution in [2.24, 2.45) is 5.41 Å². The number of fused-ring (bicyclic) bond motifs is 1. The van der Waals surface area contributed by atoms with Crippen molar-refractivity contribution < 1.29 is 9.42 Å². The molecule has 2 N–H and O–H groups in total. The lowest BCUT2D eigenvalue weighted by atomic mass is 9.73. The van der Waals surface area contributed by atoms with E-state index in [1.807, 2.05) is 19.1 Å². The molecule has 0 saturated carbocycles. The van der Waals surface area contributed by atoms with Crippen LogP contribution in [0, 0.1) is 12.3 Å². The van der Waals surface area contributed by atoms with Crippen LogP contribution in [-0.2, 0) is 4.79 Å². The molecule has 0 radical (unpaired) electrons. The van der Waals surface area contributed by atoms with Crippen molar-refractivity contribution in [3.63, 3.8) is 0 Å². The Balaban J connectivity index is 1.86. The van der Waals surface area contributed by atoms with E-state index >= 15 is 0 Å². The minimum absolute atomic E-state index is 0.0809. The van der Waals surface area contributed by atoms with Gasteiger partial charge < -0.3 is 10.6 Å². The number of Topliss-reactive ketones (excluding diaryl/α,β-unsaturated/α-hetero) is 1. The molecule has 6 nitrogen and oxygen atoms in total. The summed E-state index contributed by atoms with van der Waals surface area (Å²) >= 11 is 0. The van der Waals surface area contributed by atoms with E-state index in [0.717, 1.165) is 23.3 Å². The van der Waals surface area contributed by atoms with E-state index in [0.29, 0.717) is 18.1 Å². The van der Waals surface area contributed by atoms with E-state index in [1.54, 1.807) is 0 Å². The van der Waals surface area contributed by atoms with Gasteiger partial charge in [-0.2, -0.15) is 0 Å². The van der Waals surface area contributed by atoms with Gasteiger partial charge in [-0.1, -0.05) is 43.7 Å². The molecule has 2 heterocycles. The molecule has 0 unspecified atom stereocenters. The number of nitrogens with one attached hydrogen (secondary N) is 2. The Labute approximate surface area is 140 Å². The number of carbonyl (C=O) groups is 1. The van der Waals surface area contributed by atoms with Crippen molar-refractivity contribution in [3.05, 3.63) is 46.7 Å². The molecular formula is C18H20N4O2. The Morgan fingerprint density at radius 2 is 1.83 bits per heavy atom. The first-order valence-corrected chi connectivity index (χ1v) is 8.12. The lowest BCUT2D eigenvalue weighted by Gasteiger charge is -2.34. The zero-order valence-electron chi connectivity index (χ0n) is 14.0. The standard InChI is InChI=1S/C18H20N4O2/c1-10-4-6-11(7-5-10)15-14-12(8-18(2,3)9-13(14)23)19-16-17(20-15)22-24-21-16/h4-7,15H,8-9H2,1-3H3,(H,19,21)(H,20,22)/t15-/m0/s1. The van der Waals surface area contributed by atoms with Gasteiger partial charge in [0.15, 0.2) is 5.78 Å². The molecule has 0 fully saturated rings. The molecule has 0 saturated heterocycles. The third-order valence-electron chi connectivity index (χ3n) is 4.66. The summed E-state index contributed by atoms with van der Waals surface area (Å²) in [7, 11) is 0. The normalized spacial score (nSPS) is 22.1. The third kappa shape index (κ3) is 2.48. The van der Waals surface area contributed by atoms with E-state index in [4.69, 9.17) is 4.63 Å². The summed E-state index contributed by atoms with van der Waals surface area (Å²) < 4.78 is 4.85. The number of ketones is 1. The quantitative estimate of drug-likeness (QED) is 0.834. The topological polar surface area (TPSA) is 80.1 Å². The molecule has 24 heavy (non-hydrogen) atoms. The minimum Gasteiger partial charge on any atom is -0.353 e. The number of rotatable bonds is 1. The van der Waals surface area contributed by atoms with Gasteiger partial charge in [-0.15, -0.1) is 0 Å². The van der Waals surface area contributed by atoms with Gasteiger partial charge in [0.2, 0.25) is 11.6 Å². The predicted molar refractivity (Wildman–Crippen MR) is 90.5 cm³/mol. The summed E-state index contributed by atoms with van der Waals surface area (Å²) in [5, 5.41) is 14.4. The number of aryl methyl sites for hydroxylation is 1. The van der Waals surface area contributed by atoms with E-state index in [9.17, 15) is 4.79 Å². The van der Waals surface area contributed by atoms with Crippen molar-refractivity contribution in [1.82, 2.24) is 10.3 Å². The van der Waals surface area contributed by atoms with Gasteiger partial charge in [0.1, 0.15) is 0 Å². The Bertz CT molecular complexity index is 833. The van der Waals surface area contributed by atoms with E-state index in [-0.39, 0.29) is 17.2 Å². The number of hydrogen-bond donors (Lipinski definition) is 2. The van der Waals surface area contributed by atoms with Crippen LogP contribution in [-0.4, -0.2) is 16.1 Å². The molecule has 1 aliphatic carbocycles. The summed E-state index contributed by atoms with van der Waals surface area (Å²) in [6, 6.07) is 7.93. The first-order valence-electron chi connectivity index (χ1n) is 8.12. The Morgan fingerprint density at radius 3 is 2.58 bits per heavy atom. The molecule has 1 aromatic heterocycles. The monoisotopic (exact) mass is 324 g/mol. The maximum Gasteiger partial charge on any atom is 0.219 e. The molecule has 1 atom stereocenters. The van der Waals surface area contributed by atoms with Crippen molar-refractivity contribution in [3.8, 4) is 0 Å². The van der Waals surface area contributed by atoms with Gasteiger partial charge in [0.25, 0.3) is 0 Å². The fourth-order valence-electron chi connectivity index (χ4n) is 3.51. The maximum atomic E-state index is 12.9. The molecule has 0 amide bonds. The van der Waals surface area contributed by atoms with Crippen LogP contribution in [0.4, 0.5) is 11.6 Å². The van der Waals surface area contributed by atoms with Gasteiger partial charge in [0.05, 0.1) is 6.04 Å². The second-order valence-corrected chi connectivity index (χ2v) is 7.41. The number of nitrogens with zero attached hydrogens (tertiary/aromatic N) is 2. The minimum atomic E-state index is -0.259. The molecule has 2 aromatic rings. The lowest BCUT2D eigenvalue weighted by Crippen LogP contribution is -2.31. The Morgan fingerprint density at radius 1 is 1.12 bits per heavy atom. The number of carbonyl (C=O) groups excluding carboxylic acids is 1. The van der Waals surface area contributed by atoms with Gasteiger partial charge >= 0.3 is 0 Å². The molecular weight excluding hydrogens is 304 g/mol. The highest BCUT2D eigenvalue weighted by Crippen LogP contribution is 2.44. The van der Waals surface area contributed by atoms with Gasteiger partial charge in [0, 0.05) is 17.7 Å². The molecule has 124 valence electrons. The summed E-state index contributed by atoms with van der Waals surface area (Å²) in [4.78, 5) is 12.9. The van der Waals surface area contributed by atoms with E-state index in [1.165, 1.54) is 5.56 Å². The van der Waals surface area contributed by atoms with Crippen LogP contribution in [0.15, 0.2) is 40.2 Å². The zero-order chi connectivity index (χ0) is 16.9. The molecule has 0 bridgehead atoms. The van der Waals surface area contributed by atoms with E-state index < -0.39 is 0 Å². The van der Waals surface area contributed by atoms with Crippen LogP contribution in [0.1, 0.15) is 43.9 Å². The first kappa shape index (κ1) is 14.9.